The minimum atomic E-state index is -0.716. The van der Waals surface area contributed by atoms with Gasteiger partial charge in [0.15, 0.2) is 17.5 Å². The van der Waals surface area contributed by atoms with Gasteiger partial charge in [-0.3, -0.25) is 4.98 Å². The van der Waals surface area contributed by atoms with Crippen molar-refractivity contribution in [2.75, 3.05) is 19.7 Å². The number of aliphatic imine (C=N–C) groups is 1. The second kappa shape index (κ2) is 9.56. The van der Waals surface area contributed by atoms with Crippen LogP contribution >= 0.6 is 0 Å². The van der Waals surface area contributed by atoms with Crippen molar-refractivity contribution >= 4 is 5.96 Å². The Hall–Kier alpha value is -2.70. The van der Waals surface area contributed by atoms with E-state index < -0.39 is 11.6 Å². The Morgan fingerprint density at radius 1 is 1.24 bits per heavy atom. The number of hydrogen-bond donors (Lipinski definition) is 2. The Kier molecular flexibility index (Phi) is 7.13. The Balaban J connectivity index is 1.84. The molecule has 0 aliphatic heterocycles. The molecule has 2 rings (SSSR count). The molecule has 0 spiro atoms. The number of nitrogens with zero attached hydrogens (tertiary/aromatic N) is 2. The fourth-order valence-electron chi connectivity index (χ4n) is 2.10. The molecule has 1 aromatic heterocycles. The van der Waals surface area contributed by atoms with Crippen LogP contribution < -0.4 is 15.4 Å². The van der Waals surface area contributed by atoms with Crippen LogP contribution in [0.25, 0.3) is 0 Å². The zero-order valence-electron chi connectivity index (χ0n) is 14.4. The van der Waals surface area contributed by atoms with Crippen molar-refractivity contribution in [2.45, 2.75) is 20.4 Å². The van der Waals surface area contributed by atoms with E-state index in [1.54, 1.807) is 6.20 Å². The molecule has 0 amide bonds. The third-order valence-electron chi connectivity index (χ3n) is 3.40. The quantitative estimate of drug-likeness (QED) is 0.459. The summed E-state index contributed by atoms with van der Waals surface area (Å²) in [5, 5.41) is 6.22. The highest BCUT2D eigenvalue weighted by atomic mass is 19.1. The molecule has 2 N–H and O–H groups in total. The van der Waals surface area contributed by atoms with Crippen LogP contribution in [0.2, 0.25) is 0 Å². The van der Waals surface area contributed by atoms with E-state index >= 15 is 0 Å². The van der Waals surface area contributed by atoms with Gasteiger partial charge in [-0.25, -0.2) is 13.8 Å². The minimum Gasteiger partial charge on any atom is -0.489 e. The van der Waals surface area contributed by atoms with Crippen LogP contribution in [-0.2, 0) is 6.54 Å². The summed E-state index contributed by atoms with van der Waals surface area (Å²) in [6, 6.07) is 7.10. The lowest BCUT2D eigenvalue weighted by Crippen LogP contribution is -2.39. The van der Waals surface area contributed by atoms with Crippen LogP contribution in [0.15, 0.2) is 41.5 Å². The first-order chi connectivity index (χ1) is 12.1. The molecule has 25 heavy (non-hydrogen) atoms. The number of hydrogen-bond acceptors (Lipinski definition) is 3. The Labute approximate surface area is 146 Å². The van der Waals surface area contributed by atoms with E-state index in [0.29, 0.717) is 25.6 Å². The van der Waals surface area contributed by atoms with Gasteiger partial charge in [0, 0.05) is 18.8 Å². The number of guanidine groups is 1. The third kappa shape index (κ3) is 6.02. The third-order valence-corrected chi connectivity index (χ3v) is 3.40. The molecular formula is C18H22F2N4O. The van der Waals surface area contributed by atoms with Crippen LogP contribution in [0, 0.1) is 18.6 Å². The molecule has 2 aromatic rings. The van der Waals surface area contributed by atoms with Crippen LogP contribution in [0.1, 0.15) is 18.2 Å². The lowest BCUT2D eigenvalue weighted by molar-refractivity contribution is 0.304. The number of rotatable bonds is 7. The molecule has 0 saturated heterocycles. The molecular weight excluding hydrogens is 326 g/mol. The first kappa shape index (κ1) is 18.6. The summed E-state index contributed by atoms with van der Waals surface area (Å²) in [7, 11) is 0. The van der Waals surface area contributed by atoms with Gasteiger partial charge in [-0.15, -0.1) is 0 Å². The summed E-state index contributed by atoms with van der Waals surface area (Å²) in [6.45, 7) is 5.76. The van der Waals surface area contributed by atoms with Crippen LogP contribution in [0.3, 0.4) is 0 Å². The highest BCUT2D eigenvalue weighted by Crippen LogP contribution is 2.17. The maximum absolute atomic E-state index is 13.5. The van der Waals surface area contributed by atoms with Gasteiger partial charge in [0.05, 0.1) is 18.8 Å². The van der Waals surface area contributed by atoms with Gasteiger partial charge >= 0.3 is 0 Å². The highest BCUT2D eigenvalue weighted by Gasteiger charge is 2.05. The van der Waals surface area contributed by atoms with Crippen molar-refractivity contribution in [2.24, 2.45) is 4.99 Å². The molecule has 0 saturated carbocycles. The summed E-state index contributed by atoms with van der Waals surface area (Å²) < 4.78 is 31.6. The van der Waals surface area contributed by atoms with Gasteiger partial charge in [0.25, 0.3) is 0 Å². The zero-order valence-corrected chi connectivity index (χ0v) is 14.4. The van der Waals surface area contributed by atoms with E-state index in [0.717, 1.165) is 23.4 Å². The molecule has 0 radical (unpaired) electrons. The van der Waals surface area contributed by atoms with Crippen molar-refractivity contribution < 1.29 is 13.5 Å². The topological polar surface area (TPSA) is 58.5 Å². The number of aromatic nitrogens is 1. The molecule has 0 aliphatic rings. The molecule has 0 fully saturated rings. The predicted molar refractivity (Wildman–Crippen MR) is 93.6 cm³/mol. The van der Waals surface area contributed by atoms with E-state index in [1.165, 1.54) is 6.07 Å². The Morgan fingerprint density at radius 2 is 2.08 bits per heavy atom. The number of halogens is 2. The molecule has 0 aliphatic carbocycles. The summed E-state index contributed by atoms with van der Waals surface area (Å²) in [5.41, 5.74) is 1.99. The molecule has 5 nitrogen and oxygen atoms in total. The number of nitrogens with one attached hydrogen (secondary N) is 2. The van der Waals surface area contributed by atoms with Crippen LogP contribution in [-0.4, -0.2) is 30.6 Å². The average molecular weight is 348 g/mol. The molecule has 7 heteroatoms. The fraction of sp³-hybridized carbons (Fsp3) is 0.333. The molecule has 134 valence electrons. The SMILES string of the molecule is CCNC(=NCc1ncccc1C)NCCOc1ccc(F)cc1F. The van der Waals surface area contributed by atoms with E-state index in [4.69, 9.17) is 4.74 Å². The molecule has 0 bridgehead atoms. The summed E-state index contributed by atoms with van der Waals surface area (Å²) in [6.07, 6.45) is 1.74. The van der Waals surface area contributed by atoms with Gasteiger partial charge in [0.2, 0.25) is 0 Å². The number of benzene rings is 1. The van der Waals surface area contributed by atoms with E-state index in [9.17, 15) is 8.78 Å². The second-order valence-electron chi connectivity index (χ2n) is 5.31. The van der Waals surface area contributed by atoms with Crippen molar-refractivity contribution in [3.8, 4) is 5.75 Å². The van der Waals surface area contributed by atoms with E-state index in [1.807, 2.05) is 26.0 Å². The van der Waals surface area contributed by atoms with Crippen molar-refractivity contribution in [3.63, 3.8) is 0 Å². The zero-order chi connectivity index (χ0) is 18.1. The van der Waals surface area contributed by atoms with Crippen molar-refractivity contribution in [3.05, 3.63) is 59.4 Å². The maximum atomic E-state index is 13.5. The first-order valence-electron chi connectivity index (χ1n) is 8.10. The van der Waals surface area contributed by atoms with Gasteiger partial charge in [-0.05, 0) is 37.6 Å². The van der Waals surface area contributed by atoms with Gasteiger partial charge in [-0.2, -0.15) is 0 Å². The lowest BCUT2D eigenvalue weighted by atomic mass is 10.2. The number of pyridine rings is 1. The second-order valence-corrected chi connectivity index (χ2v) is 5.31. The monoisotopic (exact) mass is 348 g/mol. The average Bonchev–Trinajstić information content (AvgIpc) is 2.59. The molecule has 0 atom stereocenters. The van der Waals surface area contributed by atoms with Crippen LogP contribution in [0.4, 0.5) is 8.78 Å². The summed E-state index contributed by atoms with van der Waals surface area (Å²) in [5.74, 6) is -0.703. The summed E-state index contributed by atoms with van der Waals surface area (Å²) >= 11 is 0. The van der Waals surface area contributed by atoms with Crippen molar-refractivity contribution in [1.29, 1.82) is 0 Å². The molecule has 1 aromatic carbocycles. The first-order valence-corrected chi connectivity index (χ1v) is 8.10. The van der Waals surface area contributed by atoms with Crippen LogP contribution in [0.5, 0.6) is 5.75 Å². The molecule has 0 unspecified atom stereocenters. The number of ether oxygens (including phenoxy) is 1. The predicted octanol–water partition coefficient (Wildman–Crippen LogP) is 2.80. The molecule has 1 heterocycles. The lowest BCUT2D eigenvalue weighted by Gasteiger charge is -2.12. The number of aryl methyl sites for hydroxylation is 1. The Bertz CT molecular complexity index is 722. The largest absolute Gasteiger partial charge is 0.489 e. The Morgan fingerprint density at radius 3 is 2.80 bits per heavy atom. The van der Waals surface area contributed by atoms with E-state index in [2.05, 4.69) is 20.6 Å². The standard InChI is InChI=1S/C18H22F2N4O/c1-3-21-18(24-12-16-13(2)5-4-8-22-16)23-9-10-25-17-7-6-14(19)11-15(17)20/h4-8,11H,3,9-10,12H2,1-2H3,(H2,21,23,24). The fourth-order valence-corrected chi connectivity index (χ4v) is 2.10. The summed E-state index contributed by atoms with van der Waals surface area (Å²) in [4.78, 5) is 8.77. The van der Waals surface area contributed by atoms with Crippen molar-refractivity contribution in [1.82, 2.24) is 15.6 Å². The maximum Gasteiger partial charge on any atom is 0.191 e. The smallest absolute Gasteiger partial charge is 0.191 e. The van der Waals surface area contributed by atoms with Gasteiger partial charge in [0.1, 0.15) is 12.4 Å². The minimum absolute atomic E-state index is 0.0225. The van der Waals surface area contributed by atoms with E-state index in [-0.39, 0.29) is 12.4 Å². The normalized spacial score (nSPS) is 11.3. The highest BCUT2D eigenvalue weighted by molar-refractivity contribution is 5.79. The van der Waals surface area contributed by atoms with Gasteiger partial charge < -0.3 is 15.4 Å². The van der Waals surface area contributed by atoms with Gasteiger partial charge in [-0.1, -0.05) is 6.07 Å².